The molecule has 0 saturated carbocycles. The zero-order valence-electron chi connectivity index (χ0n) is 12.1. The lowest BCUT2D eigenvalue weighted by Crippen LogP contribution is -2.48. The molecule has 7 unspecified atom stereocenters. The Hall–Kier alpha value is -0.100. The summed E-state index contributed by atoms with van der Waals surface area (Å²) in [6.45, 7) is 10.2. The highest BCUT2D eigenvalue weighted by molar-refractivity contribution is 7.20. The fraction of sp³-hybridized carbons (Fsp3) is 1.00. The Morgan fingerprint density at radius 3 is 2.32 bits per heavy atom. The van der Waals surface area contributed by atoms with Crippen LogP contribution in [0.2, 0.25) is 0 Å². The van der Waals surface area contributed by atoms with Crippen molar-refractivity contribution in [2.45, 2.75) is 58.2 Å². The highest BCUT2D eigenvalue weighted by atomic mass is 31.1. The molecule has 0 aromatic carbocycles. The van der Waals surface area contributed by atoms with Gasteiger partial charge in [0.25, 0.3) is 8.61 Å². The maximum atomic E-state index is 11.5. The lowest BCUT2D eigenvalue weighted by molar-refractivity contribution is -0.0715. The van der Waals surface area contributed by atoms with Crippen molar-refractivity contribution in [1.29, 1.82) is 0 Å². The molecule has 7 atom stereocenters. The second kappa shape index (κ2) is 6.12. The van der Waals surface area contributed by atoms with Gasteiger partial charge in [-0.05, 0) is 27.7 Å². The van der Waals surface area contributed by atoms with Gasteiger partial charge in [0.2, 0.25) is 0 Å². The van der Waals surface area contributed by atoms with E-state index in [9.17, 15) is 9.67 Å². The van der Waals surface area contributed by atoms with E-state index < -0.39 is 6.10 Å². The quantitative estimate of drug-likeness (QED) is 0.530. The van der Waals surface area contributed by atoms with Crippen molar-refractivity contribution < 1.29 is 14.4 Å². The van der Waals surface area contributed by atoms with Gasteiger partial charge in [-0.3, -0.25) is 9.46 Å². The van der Waals surface area contributed by atoms with Gasteiger partial charge >= 0.3 is 0 Å². The van der Waals surface area contributed by atoms with Crippen molar-refractivity contribution in [2.24, 2.45) is 0 Å². The molecule has 0 aromatic rings. The number of nitrogens with zero attached hydrogens (tertiary/aromatic N) is 3. The molecule has 6 nitrogen and oxygen atoms in total. The van der Waals surface area contributed by atoms with Crippen LogP contribution in [0.3, 0.4) is 0 Å². The van der Waals surface area contributed by atoms with Crippen LogP contribution >= 0.6 is 8.61 Å². The standard InChI is InChI=1S/C12H24N3O3P/c1-8-5-13(8)12(11(4)18-7-10(3)16)15(19-17)14-6-9(14)2/h8-12,16H,5-7H2,1-4H3. The highest BCUT2D eigenvalue weighted by Gasteiger charge is 2.48. The summed E-state index contributed by atoms with van der Waals surface area (Å²) in [7, 11) is 0.00387. The summed E-state index contributed by atoms with van der Waals surface area (Å²) in [5, 5.41) is 11.4. The molecule has 19 heavy (non-hydrogen) atoms. The summed E-state index contributed by atoms with van der Waals surface area (Å²) in [6, 6.07) is 0.949. The first-order chi connectivity index (χ1) is 8.95. The average Bonchev–Trinajstić information content (AvgIpc) is 3.23. The fourth-order valence-corrected chi connectivity index (χ4v) is 3.11. The van der Waals surface area contributed by atoms with Gasteiger partial charge in [0.05, 0.1) is 18.8 Å². The van der Waals surface area contributed by atoms with Gasteiger partial charge < -0.3 is 9.84 Å². The van der Waals surface area contributed by atoms with Crippen LogP contribution in [-0.4, -0.2) is 69.9 Å². The number of ether oxygens (including phenoxy) is 1. The third kappa shape index (κ3) is 3.72. The lowest BCUT2D eigenvalue weighted by atomic mass is 10.3. The van der Waals surface area contributed by atoms with E-state index in [1.54, 1.807) is 6.92 Å². The zero-order chi connectivity index (χ0) is 14.2. The van der Waals surface area contributed by atoms with Crippen molar-refractivity contribution in [3.63, 3.8) is 0 Å². The van der Waals surface area contributed by atoms with E-state index in [-0.39, 0.29) is 20.9 Å². The van der Waals surface area contributed by atoms with Crippen molar-refractivity contribution in [3.05, 3.63) is 0 Å². The first-order valence-corrected chi connectivity index (χ1v) is 7.66. The van der Waals surface area contributed by atoms with E-state index in [0.29, 0.717) is 18.7 Å². The van der Waals surface area contributed by atoms with Crippen LogP contribution in [0.5, 0.6) is 0 Å². The van der Waals surface area contributed by atoms with E-state index in [0.717, 1.165) is 13.1 Å². The Labute approximate surface area is 116 Å². The second-order valence-corrected chi connectivity index (χ2v) is 6.29. The van der Waals surface area contributed by atoms with Crippen molar-refractivity contribution in [2.75, 3.05) is 19.7 Å². The van der Waals surface area contributed by atoms with E-state index in [1.807, 2.05) is 11.7 Å². The Balaban J connectivity index is 2.00. The Morgan fingerprint density at radius 2 is 1.95 bits per heavy atom. The van der Waals surface area contributed by atoms with Gasteiger partial charge in [-0.15, -0.1) is 4.78 Å². The van der Waals surface area contributed by atoms with Crippen LogP contribution in [0.1, 0.15) is 27.7 Å². The van der Waals surface area contributed by atoms with Crippen molar-refractivity contribution in [3.8, 4) is 0 Å². The molecule has 2 fully saturated rings. The molecule has 1 N–H and O–H groups in total. The summed E-state index contributed by atoms with van der Waals surface area (Å²) >= 11 is 0. The topological polar surface area (TPSA) is 55.8 Å². The molecule has 2 rings (SSSR count). The maximum absolute atomic E-state index is 11.5. The number of aliphatic hydroxyl groups excluding tert-OH is 1. The van der Waals surface area contributed by atoms with E-state index in [2.05, 4.69) is 23.8 Å². The minimum Gasteiger partial charge on any atom is -0.391 e. The summed E-state index contributed by atoms with van der Waals surface area (Å²) in [5.41, 5.74) is 0. The molecule has 0 aliphatic carbocycles. The molecule has 0 aromatic heterocycles. The average molecular weight is 289 g/mol. The summed E-state index contributed by atoms with van der Waals surface area (Å²) in [5.74, 6) is 0. The number of hydrogen-bond acceptors (Lipinski definition) is 5. The molecular formula is C12H24N3O3P. The molecule has 2 saturated heterocycles. The fourth-order valence-electron chi connectivity index (χ4n) is 2.35. The smallest absolute Gasteiger partial charge is 0.266 e. The van der Waals surface area contributed by atoms with Crippen LogP contribution < -0.4 is 0 Å². The molecule has 0 radical (unpaired) electrons. The predicted molar refractivity (Wildman–Crippen MR) is 72.7 cm³/mol. The van der Waals surface area contributed by atoms with Crippen LogP contribution in [0.25, 0.3) is 0 Å². The first kappa shape index (κ1) is 15.3. The summed E-state index contributed by atoms with van der Waals surface area (Å²) < 4.78 is 19.1. The molecule has 7 heteroatoms. The van der Waals surface area contributed by atoms with Crippen LogP contribution in [0.4, 0.5) is 0 Å². The molecule has 110 valence electrons. The minimum atomic E-state index is -0.479. The van der Waals surface area contributed by atoms with E-state index >= 15 is 0 Å². The molecule has 0 amide bonds. The molecule has 0 bridgehead atoms. The van der Waals surface area contributed by atoms with Gasteiger partial charge in [-0.1, -0.05) is 0 Å². The van der Waals surface area contributed by atoms with Crippen LogP contribution in [0, 0.1) is 0 Å². The summed E-state index contributed by atoms with van der Waals surface area (Å²) in [6.07, 6.45) is -0.611. The third-order valence-corrected chi connectivity index (χ3v) is 4.31. The molecule has 2 heterocycles. The predicted octanol–water partition coefficient (Wildman–Crippen LogP) is 0.930. The van der Waals surface area contributed by atoms with E-state index in [1.165, 1.54) is 0 Å². The third-order valence-electron chi connectivity index (χ3n) is 3.68. The molecule has 0 spiro atoms. The Morgan fingerprint density at radius 1 is 1.37 bits per heavy atom. The monoisotopic (exact) mass is 289 g/mol. The van der Waals surface area contributed by atoms with Gasteiger partial charge in [0.15, 0.2) is 0 Å². The van der Waals surface area contributed by atoms with E-state index in [4.69, 9.17) is 4.74 Å². The van der Waals surface area contributed by atoms with Crippen LogP contribution in [-0.2, 0) is 9.30 Å². The van der Waals surface area contributed by atoms with Gasteiger partial charge in [0, 0.05) is 25.2 Å². The molecule has 2 aliphatic heterocycles. The van der Waals surface area contributed by atoms with Gasteiger partial charge in [-0.2, -0.15) is 0 Å². The minimum absolute atomic E-state index is 0.00387. The van der Waals surface area contributed by atoms with Crippen LogP contribution in [0.15, 0.2) is 0 Å². The van der Waals surface area contributed by atoms with Crippen molar-refractivity contribution in [1.82, 2.24) is 14.7 Å². The maximum Gasteiger partial charge on any atom is 0.266 e. The zero-order valence-corrected chi connectivity index (χ0v) is 13.0. The highest BCUT2D eigenvalue weighted by Crippen LogP contribution is 2.35. The number of aliphatic hydroxyl groups is 1. The SMILES string of the molecule is CC(O)COC(C)C(N1CC1C)N(P=O)N1CC1C. The van der Waals surface area contributed by atoms with Gasteiger partial charge in [-0.25, -0.2) is 5.01 Å². The molecular weight excluding hydrogens is 265 g/mol. The largest absolute Gasteiger partial charge is 0.391 e. The first-order valence-electron chi connectivity index (χ1n) is 6.90. The number of rotatable bonds is 8. The number of hydrogen-bond donors (Lipinski definition) is 1. The molecule has 2 aliphatic rings. The Kier molecular flexibility index (Phi) is 4.93. The lowest BCUT2D eigenvalue weighted by Gasteiger charge is -2.33. The van der Waals surface area contributed by atoms with Gasteiger partial charge in [0.1, 0.15) is 6.17 Å². The summed E-state index contributed by atoms with van der Waals surface area (Å²) in [4.78, 5) is 2.27. The Bertz CT molecular complexity index is 331. The van der Waals surface area contributed by atoms with Crippen molar-refractivity contribution >= 4 is 8.61 Å². The normalized spacial score (nSPS) is 38.2. The second-order valence-electron chi connectivity index (χ2n) is 5.72. The number of hydrazine groups is 1.